The van der Waals surface area contributed by atoms with E-state index in [1.54, 1.807) is 13.2 Å². The molecule has 6 nitrogen and oxygen atoms in total. The fraction of sp³-hybridized carbons (Fsp3) is 0.348. The van der Waals surface area contributed by atoms with E-state index in [1.165, 1.54) is 22.0 Å². The summed E-state index contributed by atoms with van der Waals surface area (Å²) in [6.45, 7) is 6.35. The van der Waals surface area contributed by atoms with Crippen LogP contribution in [0.4, 0.5) is 0 Å². The minimum absolute atomic E-state index is 0. The molecule has 0 aliphatic heterocycles. The predicted molar refractivity (Wildman–Crippen MR) is 134 cm³/mol. The summed E-state index contributed by atoms with van der Waals surface area (Å²) in [6, 6.07) is 11.7. The van der Waals surface area contributed by atoms with Gasteiger partial charge in [0.05, 0.1) is 7.11 Å². The van der Waals surface area contributed by atoms with Gasteiger partial charge in [-0.25, -0.2) is 0 Å². The van der Waals surface area contributed by atoms with Gasteiger partial charge in [0, 0.05) is 42.8 Å². The summed E-state index contributed by atoms with van der Waals surface area (Å²) in [5.41, 5.74) is 4.63. The maximum atomic E-state index is 10.1. The van der Waals surface area contributed by atoms with Gasteiger partial charge in [-0.3, -0.25) is 4.99 Å². The number of benzene rings is 2. The van der Waals surface area contributed by atoms with Gasteiger partial charge in [0.25, 0.3) is 0 Å². The first kappa shape index (κ1) is 23.9. The monoisotopic (exact) mass is 522 g/mol. The number of para-hydroxylation sites is 1. The van der Waals surface area contributed by atoms with Crippen molar-refractivity contribution in [1.82, 2.24) is 15.6 Å². The van der Waals surface area contributed by atoms with Gasteiger partial charge in [-0.2, -0.15) is 0 Å². The van der Waals surface area contributed by atoms with E-state index in [0.717, 1.165) is 31.0 Å². The number of hydrogen-bond acceptors (Lipinski definition) is 3. The summed E-state index contributed by atoms with van der Waals surface area (Å²) >= 11 is 0. The summed E-state index contributed by atoms with van der Waals surface area (Å²) in [4.78, 5) is 8.01. The van der Waals surface area contributed by atoms with E-state index in [-0.39, 0.29) is 29.7 Å². The van der Waals surface area contributed by atoms with Crippen LogP contribution in [0.25, 0.3) is 10.9 Å². The van der Waals surface area contributed by atoms with Crippen molar-refractivity contribution in [3.8, 4) is 11.5 Å². The number of aromatic hydroxyl groups is 1. The van der Waals surface area contributed by atoms with Gasteiger partial charge in [-0.05, 0) is 49.4 Å². The van der Waals surface area contributed by atoms with Crippen molar-refractivity contribution in [2.24, 2.45) is 4.99 Å². The number of aromatic amines is 1. The summed E-state index contributed by atoms with van der Waals surface area (Å²) in [5.74, 6) is 1.68. The molecule has 3 rings (SSSR count). The highest BCUT2D eigenvalue weighted by Crippen LogP contribution is 2.24. The summed E-state index contributed by atoms with van der Waals surface area (Å²) in [5, 5.41) is 18.0. The third kappa shape index (κ3) is 6.04. The number of aromatic nitrogens is 1. The Hall–Kier alpha value is -2.42. The molecule has 0 aliphatic rings. The normalized spacial score (nSPS) is 11.2. The van der Waals surface area contributed by atoms with Crippen molar-refractivity contribution < 1.29 is 9.84 Å². The topological polar surface area (TPSA) is 81.7 Å². The minimum atomic E-state index is 0. The lowest BCUT2D eigenvalue weighted by atomic mass is 10.1. The zero-order valence-corrected chi connectivity index (χ0v) is 20.1. The fourth-order valence-corrected chi connectivity index (χ4v) is 3.40. The molecule has 4 N–H and O–H groups in total. The van der Waals surface area contributed by atoms with Crippen LogP contribution in [-0.4, -0.2) is 42.8 Å². The smallest absolute Gasteiger partial charge is 0.191 e. The number of guanidine groups is 1. The molecule has 0 saturated carbocycles. The van der Waals surface area contributed by atoms with E-state index in [4.69, 9.17) is 4.74 Å². The Bertz CT molecular complexity index is 984. The highest BCUT2D eigenvalue weighted by Gasteiger charge is 2.06. The number of halogens is 1. The predicted octanol–water partition coefficient (Wildman–Crippen LogP) is 4.15. The van der Waals surface area contributed by atoms with Crippen LogP contribution in [0.2, 0.25) is 0 Å². The van der Waals surface area contributed by atoms with Gasteiger partial charge in [0.15, 0.2) is 5.96 Å². The number of rotatable bonds is 8. The molecule has 0 saturated heterocycles. The van der Waals surface area contributed by atoms with Crippen LogP contribution in [0.3, 0.4) is 0 Å². The highest BCUT2D eigenvalue weighted by atomic mass is 127. The number of fused-ring (bicyclic) bond motifs is 1. The minimum Gasteiger partial charge on any atom is -0.508 e. The van der Waals surface area contributed by atoms with E-state index in [1.807, 2.05) is 12.1 Å². The van der Waals surface area contributed by atoms with Crippen LogP contribution < -0.4 is 15.4 Å². The number of phenols is 1. The summed E-state index contributed by atoms with van der Waals surface area (Å²) in [6.07, 6.45) is 3.66. The SMILES string of the molecule is CCNC(=NCCc1ccc(OC)cc1O)NCCc1c[nH]c2c(C)cccc12.I. The second-order valence-corrected chi connectivity index (χ2v) is 6.99. The van der Waals surface area contributed by atoms with Gasteiger partial charge in [-0.1, -0.05) is 24.3 Å². The molecule has 0 radical (unpaired) electrons. The Kier molecular flexibility index (Phi) is 9.29. The van der Waals surface area contributed by atoms with Crippen molar-refractivity contribution in [3.05, 3.63) is 59.3 Å². The number of phenolic OH excluding ortho intramolecular Hbond substituents is 1. The molecule has 1 aromatic heterocycles. The number of nitrogens with one attached hydrogen (secondary N) is 3. The first-order valence-electron chi connectivity index (χ1n) is 10.1. The van der Waals surface area contributed by atoms with Crippen LogP contribution >= 0.6 is 24.0 Å². The van der Waals surface area contributed by atoms with Gasteiger partial charge in [-0.15, -0.1) is 24.0 Å². The maximum Gasteiger partial charge on any atom is 0.191 e. The zero-order chi connectivity index (χ0) is 20.6. The van der Waals surface area contributed by atoms with Crippen molar-refractivity contribution in [2.45, 2.75) is 26.7 Å². The largest absolute Gasteiger partial charge is 0.508 e. The Morgan fingerprint density at radius 3 is 2.70 bits per heavy atom. The second kappa shape index (κ2) is 11.7. The van der Waals surface area contributed by atoms with Crippen molar-refractivity contribution in [2.75, 3.05) is 26.7 Å². The highest BCUT2D eigenvalue weighted by molar-refractivity contribution is 14.0. The number of aliphatic imine (C=N–C) groups is 1. The molecule has 0 atom stereocenters. The first-order valence-corrected chi connectivity index (χ1v) is 10.1. The Balaban J connectivity index is 0.00000320. The van der Waals surface area contributed by atoms with E-state index < -0.39 is 0 Å². The van der Waals surface area contributed by atoms with Crippen LogP contribution in [0, 0.1) is 6.92 Å². The summed E-state index contributed by atoms with van der Waals surface area (Å²) < 4.78 is 5.12. The van der Waals surface area contributed by atoms with Gasteiger partial charge in [0.2, 0.25) is 0 Å². The van der Waals surface area contributed by atoms with Crippen LogP contribution in [0.5, 0.6) is 11.5 Å². The van der Waals surface area contributed by atoms with E-state index in [0.29, 0.717) is 18.7 Å². The third-order valence-corrected chi connectivity index (χ3v) is 4.98. The molecule has 0 bridgehead atoms. The lowest BCUT2D eigenvalue weighted by molar-refractivity contribution is 0.406. The van der Waals surface area contributed by atoms with Crippen LogP contribution in [0.15, 0.2) is 47.6 Å². The van der Waals surface area contributed by atoms with E-state index in [2.05, 4.69) is 58.9 Å². The molecule has 0 amide bonds. The molecular formula is C23H31IN4O2. The zero-order valence-electron chi connectivity index (χ0n) is 17.8. The number of methoxy groups -OCH3 is 1. The Morgan fingerprint density at radius 2 is 1.97 bits per heavy atom. The molecule has 30 heavy (non-hydrogen) atoms. The first-order chi connectivity index (χ1) is 14.1. The number of aryl methyl sites for hydroxylation is 1. The van der Waals surface area contributed by atoms with Gasteiger partial charge < -0.3 is 25.5 Å². The van der Waals surface area contributed by atoms with Crippen LogP contribution in [0.1, 0.15) is 23.6 Å². The lowest BCUT2D eigenvalue weighted by Crippen LogP contribution is -2.38. The van der Waals surface area contributed by atoms with E-state index >= 15 is 0 Å². The summed E-state index contributed by atoms with van der Waals surface area (Å²) in [7, 11) is 1.59. The van der Waals surface area contributed by atoms with Crippen molar-refractivity contribution in [1.29, 1.82) is 0 Å². The molecule has 1 heterocycles. The molecule has 162 valence electrons. The van der Waals surface area contributed by atoms with Crippen molar-refractivity contribution >= 4 is 40.8 Å². The molecule has 3 aromatic rings. The maximum absolute atomic E-state index is 10.1. The number of ether oxygens (including phenoxy) is 1. The van der Waals surface area contributed by atoms with Gasteiger partial charge in [0.1, 0.15) is 11.5 Å². The Morgan fingerprint density at radius 1 is 1.13 bits per heavy atom. The number of H-pyrrole nitrogens is 1. The average Bonchev–Trinajstić information content (AvgIpc) is 3.13. The van der Waals surface area contributed by atoms with Crippen LogP contribution in [-0.2, 0) is 12.8 Å². The van der Waals surface area contributed by atoms with Crippen molar-refractivity contribution in [3.63, 3.8) is 0 Å². The molecular weight excluding hydrogens is 491 g/mol. The third-order valence-electron chi connectivity index (χ3n) is 4.98. The molecule has 7 heteroatoms. The van der Waals surface area contributed by atoms with Gasteiger partial charge >= 0.3 is 0 Å². The number of hydrogen-bond donors (Lipinski definition) is 4. The second-order valence-electron chi connectivity index (χ2n) is 6.99. The standard InChI is InChI=1S/C23H30N4O2.HI/c1-4-24-23(25-12-10-17-8-9-19(29-3)14-21(17)28)26-13-11-18-15-27-22-16(2)6-5-7-20(18)22;/h5-9,14-15,27-28H,4,10-13H2,1-3H3,(H2,24,25,26);1H. The quantitative estimate of drug-likeness (QED) is 0.204. The lowest BCUT2D eigenvalue weighted by Gasteiger charge is -2.11. The molecule has 2 aromatic carbocycles. The average molecular weight is 522 g/mol. The molecule has 0 fully saturated rings. The molecule has 0 spiro atoms. The number of nitrogens with zero attached hydrogens (tertiary/aromatic N) is 1. The molecule has 0 aliphatic carbocycles. The fourth-order valence-electron chi connectivity index (χ4n) is 3.40. The van der Waals surface area contributed by atoms with E-state index in [9.17, 15) is 5.11 Å². The molecule has 0 unspecified atom stereocenters. The Labute approximate surface area is 195 Å².